The van der Waals surface area contributed by atoms with Crippen LogP contribution < -0.4 is 16.8 Å². The molecule has 0 spiro atoms. The van der Waals surface area contributed by atoms with E-state index in [-0.39, 0.29) is 18.3 Å². The predicted molar refractivity (Wildman–Crippen MR) is 94.2 cm³/mol. The van der Waals surface area contributed by atoms with E-state index in [0.717, 1.165) is 24.8 Å². The van der Waals surface area contributed by atoms with E-state index in [2.05, 4.69) is 5.32 Å². The zero-order chi connectivity index (χ0) is 16.2. The zero-order valence-corrected chi connectivity index (χ0v) is 14.2. The highest BCUT2D eigenvalue weighted by Crippen LogP contribution is 2.08. The van der Waals surface area contributed by atoms with Crippen molar-refractivity contribution in [1.82, 2.24) is 10.2 Å². The highest BCUT2D eigenvalue weighted by molar-refractivity contribution is 5.85. The number of carbonyl (C=O) groups excluding carboxylic acids is 2. The highest BCUT2D eigenvalue weighted by atomic mass is 35.5. The molecule has 5 N–H and O–H groups in total. The van der Waals surface area contributed by atoms with Gasteiger partial charge in [-0.25, -0.2) is 4.79 Å². The Morgan fingerprint density at radius 2 is 1.78 bits per heavy atom. The maximum Gasteiger partial charge on any atom is 0.312 e. The molecule has 1 aromatic carbocycles. The number of nitrogens with two attached hydrogens (primary N) is 2. The van der Waals surface area contributed by atoms with E-state index >= 15 is 0 Å². The molecule has 7 heteroatoms. The Morgan fingerprint density at radius 3 is 2.39 bits per heavy atom. The van der Waals surface area contributed by atoms with E-state index in [9.17, 15) is 9.59 Å². The minimum Gasteiger partial charge on any atom is -0.352 e. The van der Waals surface area contributed by atoms with Gasteiger partial charge in [-0.1, -0.05) is 30.3 Å². The van der Waals surface area contributed by atoms with Gasteiger partial charge >= 0.3 is 6.03 Å². The Kier molecular flexibility index (Phi) is 11.7. The van der Waals surface area contributed by atoms with Crippen molar-refractivity contribution in [3.8, 4) is 0 Å². The highest BCUT2D eigenvalue weighted by Gasteiger charge is 2.13. The Balaban J connectivity index is 0.00000484. The minimum atomic E-state index is -0.528. The lowest BCUT2D eigenvalue weighted by Crippen LogP contribution is -2.33. The van der Waals surface area contributed by atoms with Crippen molar-refractivity contribution in [3.05, 3.63) is 35.9 Å². The average molecular weight is 343 g/mol. The Morgan fingerprint density at radius 1 is 1.09 bits per heavy atom. The summed E-state index contributed by atoms with van der Waals surface area (Å²) >= 11 is 0. The number of amides is 3. The summed E-state index contributed by atoms with van der Waals surface area (Å²) < 4.78 is 0. The van der Waals surface area contributed by atoms with Crippen LogP contribution in [0.4, 0.5) is 4.79 Å². The molecular weight excluding hydrogens is 316 g/mol. The fourth-order valence-corrected chi connectivity index (χ4v) is 2.15. The summed E-state index contributed by atoms with van der Waals surface area (Å²) in [6.45, 7) is 2.36. The summed E-state index contributed by atoms with van der Waals surface area (Å²) in [7, 11) is 0. The molecule has 0 atom stereocenters. The van der Waals surface area contributed by atoms with Crippen LogP contribution in [0.1, 0.15) is 31.2 Å². The van der Waals surface area contributed by atoms with Gasteiger partial charge in [0.05, 0.1) is 0 Å². The molecule has 0 bridgehead atoms. The number of hydrogen-bond donors (Lipinski definition) is 3. The van der Waals surface area contributed by atoms with Crippen molar-refractivity contribution in [1.29, 1.82) is 0 Å². The van der Waals surface area contributed by atoms with E-state index in [0.29, 0.717) is 32.6 Å². The fraction of sp³-hybridized carbons (Fsp3) is 0.500. The third-order valence-electron chi connectivity index (χ3n) is 3.32. The summed E-state index contributed by atoms with van der Waals surface area (Å²) in [6.07, 6.45) is 2.73. The van der Waals surface area contributed by atoms with Crippen LogP contribution in [0.2, 0.25) is 0 Å². The standard InChI is InChI=1S/C16H26N4O2.ClH/c17-10-6-12-20(13-14-7-2-1-3-8-14)15(21)9-4-5-11-19-16(18)22;/h1-3,7-8H,4-6,9-13,17H2,(H3,18,19,22);1H. The number of benzene rings is 1. The van der Waals surface area contributed by atoms with Crippen LogP contribution in [0, 0.1) is 0 Å². The number of carbonyl (C=O) groups is 2. The quantitative estimate of drug-likeness (QED) is 0.563. The van der Waals surface area contributed by atoms with Crippen LogP contribution in [0.3, 0.4) is 0 Å². The van der Waals surface area contributed by atoms with Gasteiger partial charge in [-0.15, -0.1) is 12.4 Å². The number of nitrogens with zero attached hydrogens (tertiary/aromatic N) is 1. The largest absolute Gasteiger partial charge is 0.352 e. The summed E-state index contributed by atoms with van der Waals surface area (Å²) in [5, 5.41) is 2.52. The number of primary amides is 1. The number of unbranched alkanes of at least 4 members (excludes halogenated alkanes) is 1. The molecule has 3 amide bonds. The molecule has 1 aromatic rings. The van der Waals surface area contributed by atoms with Gasteiger partial charge in [0, 0.05) is 26.1 Å². The van der Waals surface area contributed by atoms with Crippen molar-refractivity contribution >= 4 is 24.3 Å². The van der Waals surface area contributed by atoms with E-state index in [1.807, 2.05) is 35.2 Å². The normalized spacial score (nSPS) is 9.78. The van der Waals surface area contributed by atoms with Crippen LogP contribution in [0.5, 0.6) is 0 Å². The molecule has 0 unspecified atom stereocenters. The van der Waals surface area contributed by atoms with Gasteiger partial charge in [0.15, 0.2) is 0 Å². The Labute approximate surface area is 144 Å². The molecule has 0 aromatic heterocycles. The van der Waals surface area contributed by atoms with Gasteiger partial charge in [0.2, 0.25) is 5.91 Å². The zero-order valence-electron chi connectivity index (χ0n) is 13.4. The number of hydrogen-bond acceptors (Lipinski definition) is 3. The van der Waals surface area contributed by atoms with E-state index < -0.39 is 6.03 Å². The van der Waals surface area contributed by atoms with E-state index in [1.165, 1.54) is 0 Å². The summed E-state index contributed by atoms with van der Waals surface area (Å²) in [5.74, 6) is 0.122. The molecule has 0 aliphatic carbocycles. The van der Waals surface area contributed by atoms with Crippen LogP contribution in [-0.2, 0) is 11.3 Å². The maximum absolute atomic E-state index is 12.3. The molecule has 0 radical (unpaired) electrons. The second kappa shape index (κ2) is 12.7. The first-order valence-electron chi connectivity index (χ1n) is 7.68. The van der Waals surface area contributed by atoms with Crippen molar-refractivity contribution < 1.29 is 9.59 Å². The third-order valence-corrected chi connectivity index (χ3v) is 3.32. The summed E-state index contributed by atoms with van der Waals surface area (Å²) in [6, 6.07) is 9.40. The number of urea groups is 1. The molecule has 1 rings (SSSR count). The van der Waals surface area contributed by atoms with Gasteiger partial charge in [0.25, 0.3) is 0 Å². The molecule has 130 valence electrons. The lowest BCUT2D eigenvalue weighted by molar-refractivity contribution is -0.132. The van der Waals surface area contributed by atoms with Gasteiger partial charge in [-0.3, -0.25) is 4.79 Å². The van der Waals surface area contributed by atoms with Crippen LogP contribution >= 0.6 is 12.4 Å². The first kappa shape index (κ1) is 21.2. The second-order valence-electron chi connectivity index (χ2n) is 5.19. The van der Waals surface area contributed by atoms with Crippen molar-refractivity contribution in [2.45, 2.75) is 32.2 Å². The van der Waals surface area contributed by atoms with Crippen LogP contribution in [0.15, 0.2) is 30.3 Å². The lowest BCUT2D eigenvalue weighted by atomic mass is 10.1. The second-order valence-corrected chi connectivity index (χ2v) is 5.19. The van der Waals surface area contributed by atoms with Crippen molar-refractivity contribution in [2.75, 3.05) is 19.6 Å². The number of nitrogens with one attached hydrogen (secondary N) is 1. The monoisotopic (exact) mass is 342 g/mol. The Bertz CT molecular complexity index is 457. The van der Waals surface area contributed by atoms with E-state index in [1.54, 1.807) is 0 Å². The molecule has 0 saturated heterocycles. The van der Waals surface area contributed by atoms with E-state index in [4.69, 9.17) is 11.5 Å². The minimum absolute atomic E-state index is 0. The molecule has 0 saturated carbocycles. The van der Waals surface area contributed by atoms with Gasteiger partial charge < -0.3 is 21.7 Å². The first-order valence-corrected chi connectivity index (χ1v) is 7.68. The first-order chi connectivity index (χ1) is 10.6. The molecule has 0 aliphatic heterocycles. The third kappa shape index (κ3) is 9.76. The SMILES string of the molecule is Cl.NCCCN(Cc1ccccc1)C(=O)CCCCNC(N)=O. The molecular formula is C16H27ClN4O2. The summed E-state index contributed by atoms with van der Waals surface area (Å²) in [5.41, 5.74) is 11.6. The topological polar surface area (TPSA) is 101 Å². The molecule has 23 heavy (non-hydrogen) atoms. The molecule has 0 heterocycles. The summed E-state index contributed by atoms with van der Waals surface area (Å²) in [4.78, 5) is 24.7. The predicted octanol–water partition coefficient (Wildman–Crippen LogP) is 1.62. The fourth-order valence-electron chi connectivity index (χ4n) is 2.15. The van der Waals surface area contributed by atoms with Crippen molar-refractivity contribution in [2.24, 2.45) is 11.5 Å². The van der Waals surface area contributed by atoms with Gasteiger partial charge in [-0.05, 0) is 31.4 Å². The van der Waals surface area contributed by atoms with Gasteiger partial charge in [0.1, 0.15) is 0 Å². The lowest BCUT2D eigenvalue weighted by Gasteiger charge is -2.23. The smallest absolute Gasteiger partial charge is 0.312 e. The maximum atomic E-state index is 12.3. The molecule has 6 nitrogen and oxygen atoms in total. The van der Waals surface area contributed by atoms with Gasteiger partial charge in [-0.2, -0.15) is 0 Å². The van der Waals surface area contributed by atoms with Crippen molar-refractivity contribution in [3.63, 3.8) is 0 Å². The number of rotatable bonds is 10. The molecule has 0 aliphatic rings. The number of halogens is 1. The molecule has 0 fully saturated rings. The Hall–Kier alpha value is -1.79. The average Bonchev–Trinajstić information content (AvgIpc) is 2.51. The van der Waals surface area contributed by atoms with Crippen LogP contribution in [0.25, 0.3) is 0 Å². The van der Waals surface area contributed by atoms with Crippen LogP contribution in [-0.4, -0.2) is 36.5 Å².